The number of aryl methyl sites for hydroxylation is 1. The van der Waals surface area contributed by atoms with Crippen LogP contribution in [-0.2, 0) is 20.2 Å². The lowest BCUT2D eigenvalue weighted by atomic mass is 9.85. The first-order chi connectivity index (χ1) is 20.0. The molecule has 1 aromatic heterocycles. The zero-order valence-corrected chi connectivity index (χ0v) is 27.9. The molecule has 0 atom stereocenters. The molecule has 0 saturated heterocycles. The highest BCUT2D eigenvalue weighted by Crippen LogP contribution is 2.33. The largest absolute Gasteiger partial charge is 0.476 e. The summed E-state index contributed by atoms with van der Waals surface area (Å²) in [7, 11) is 0.325. The second-order valence-electron chi connectivity index (χ2n) is 12.7. The number of nitrogens with two attached hydrogens (primary N) is 1. The number of imidazole rings is 1. The number of aromatic carboxylic acids is 1. The Kier molecular flexibility index (Phi) is 11.1. The second-order valence-corrected chi connectivity index (χ2v) is 14.5. The van der Waals surface area contributed by atoms with E-state index >= 15 is 0 Å². The molecule has 0 fully saturated rings. The molecule has 0 bridgehead atoms. The molecule has 3 aromatic rings. The average Bonchev–Trinajstić information content (AvgIpc) is 3.35. The maximum Gasteiger partial charge on any atom is 0.356 e. The quantitative estimate of drug-likeness (QED) is 0.273. The Morgan fingerprint density at radius 3 is 2.07 bits per heavy atom. The van der Waals surface area contributed by atoms with Crippen molar-refractivity contribution in [3.63, 3.8) is 0 Å². The molecule has 0 unspecified atom stereocenters. The van der Waals surface area contributed by atoms with Crippen LogP contribution in [0.5, 0.6) is 0 Å². The van der Waals surface area contributed by atoms with Crippen molar-refractivity contribution in [1.82, 2.24) is 14.5 Å². The Bertz CT molecular complexity index is 1650. The minimum Gasteiger partial charge on any atom is -0.476 e. The maximum atomic E-state index is 13.2. The van der Waals surface area contributed by atoms with E-state index in [0.717, 1.165) is 17.4 Å². The topological polar surface area (TPSA) is 177 Å². The van der Waals surface area contributed by atoms with Crippen molar-refractivity contribution >= 4 is 39.2 Å². The maximum absolute atomic E-state index is 13.2. The van der Waals surface area contributed by atoms with Crippen LogP contribution in [0.15, 0.2) is 42.9 Å². The Balaban J connectivity index is 0.000000580. The first kappa shape index (κ1) is 36.0. The fraction of sp³-hybridized carbons (Fsp3) is 0.419. The van der Waals surface area contributed by atoms with Gasteiger partial charge in [0.05, 0.1) is 23.0 Å². The summed E-state index contributed by atoms with van der Waals surface area (Å²) < 4.78 is 27.8. The molecule has 0 aliphatic carbocycles. The molecule has 2 aromatic carbocycles. The molecule has 0 aliphatic heterocycles. The summed E-state index contributed by atoms with van der Waals surface area (Å²) in [6, 6.07) is 8.69. The first-order valence-corrected chi connectivity index (χ1v) is 15.7. The molecule has 12 nitrogen and oxygen atoms in total. The van der Waals surface area contributed by atoms with Gasteiger partial charge in [0.1, 0.15) is 6.33 Å². The van der Waals surface area contributed by atoms with E-state index in [-0.39, 0.29) is 22.9 Å². The van der Waals surface area contributed by atoms with Crippen molar-refractivity contribution in [2.24, 2.45) is 11.1 Å². The number of carboxylic acids is 1. The van der Waals surface area contributed by atoms with Gasteiger partial charge < -0.3 is 25.6 Å². The summed E-state index contributed by atoms with van der Waals surface area (Å²) in [6.07, 6.45) is 3.84. The molecule has 0 radical (unpaired) electrons. The van der Waals surface area contributed by atoms with Crippen molar-refractivity contribution < 1.29 is 27.9 Å². The van der Waals surface area contributed by atoms with Crippen LogP contribution in [0.3, 0.4) is 0 Å². The van der Waals surface area contributed by atoms with E-state index in [1.165, 1.54) is 12.5 Å². The van der Waals surface area contributed by atoms with Gasteiger partial charge in [-0.2, -0.15) is 0 Å². The summed E-state index contributed by atoms with van der Waals surface area (Å²) in [4.78, 5) is 40.9. The van der Waals surface area contributed by atoms with Gasteiger partial charge in [-0.25, -0.2) is 18.2 Å². The van der Waals surface area contributed by atoms with Crippen molar-refractivity contribution in [3.05, 3.63) is 70.8 Å². The number of sulfonamides is 1. The molecule has 3 rings (SSSR count). The fourth-order valence-corrected chi connectivity index (χ4v) is 4.85. The number of nitrogens with one attached hydrogen (secondary N) is 2. The zero-order valence-electron chi connectivity index (χ0n) is 27.1. The first-order valence-electron chi connectivity index (χ1n) is 13.8. The van der Waals surface area contributed by atoms with Crippen LogP contribution >= 0.6 is 0 Å². The number of nitrogens with zero attached hydrogens (tertiary/aromatic N) is 3. The third-order valence-electron chi connectivity index (χ3n) is 6.75. The fourth-order valence-electron chi connectivity index (χ4n) is 4.24. The number of amides is 2. The van der Waals surface area contributed by atoms with E-state index in [2.05, 4.69) is 15.0 Å². The third-order valence-corrected chi connectivity index (χ3v) is 7.34. The second kappa shape index (κ2) is 13.6. The minimum absolute atomic E-state index is 0.102. The molecule has 44 heavy (non-hydrogen) atoms. The Hall–Kier alpha value is -4.23. The van der Waals surface area contributed by atoms with E-state index in [4.69, 9.17) is 10.8 Å². The zero-order chi connectivity index (χ0) is 33.8. The Morgan fingerprint density at radius 2 is 1.61 bits per heavy atom. The highest BCUT2D eigenvalue weighted by Gasteiger charge is 2.25. The van der Waals surface area contributed by atoms with E-state index in [1.807, 2.05) is 66.6 Å². The number of carbonyl (C=O) groups excluding carboxylic acids is 2. The van der Waals surface area contributed by atoms with Gasteiger partial charge in [0, 0.05) is 24.0 Å². The summed E-state index contributed by atoms with van der Waals surface area (Å²) in [5.41, 5.74) is 8.47. The standard InChI is InChI=1S/C24H28N4O5S.C7H16N2O/c1-14-7-8-16(9-21(14)28-12-20(23(30)31)25-13-28)22(29)26-18-10-17(24(3,4)5)11-19(15(18)2)27-34(6,32)33;1-7(2,6(8)10)5-9(3)4/h7-13,27H,1-6H3,(H,26,29)(H,30,31);5H2,1-4H3,(H2,8,10). The Labute approximate surface area is 259 Å². The molecular weight excluding hydrogens is 584 g/mol. The molecule has 13 heteroatoms. The lowest BCUT2D eigenvalue weighted by Gasteiger charge is -2.24. The molecule has 1 heterocycles. The number of carbonyl (C=O) groups is 3. The van der Waals surface area contributed by atoms with Crippen LogP contribution in [0.2, 0.25) is 0 Å². The number of primary amides is 1. The van der Waals surface area contributed by atoms with E-state index in [1.54, 1.807) is 35.8 Å². The number of hydrogen-bond acceptors (Lipinski definition) is 7. The highest BCUT2D eigenvalue weighted by molar-refractivity contribution is 7.92. The Morgan fingerprint density at radius 1 is 1.02 bits per heavy atom. The van der Waals surface area contributed by atoms with Crippen LogP contribution < -0.4 is 15.8 Å². The monoisotopic (exact) mass is 628 g/mol. The molecule has 0 spiro atoms. The van der Waals surface area contributed by atoms with E-state index < -0.39 is 21.4 Å². The van der Waals surface area contributed by atoms with Crippen LogP contribution in [0.4, 0.5) is 11.4 Å². The van der Waals surface area contributed by atoms with Crippen molar-refractivity contribution in [3.8, 4) is 5.69 Å². The summed E-state index contributed by atoms with van der Waals surface area (Å²) >= 11 is 0. The van der Waals surface area contributed by atoms with Gasteiger partial charge in [0.2, 0.25) is 15.9 Å². The van der Waals surface area contributed by atoms with Crippen molar-refractivity contribution in [2.45, 2.75) is 53.9 Å². The predicted molar refractivity (Wildman–Crippen MR) is 173 cm³/mol. The molecule has 5 N–H and O–H groups in total. The molecule has 2 amide bonds. The normalized spacial score (nSPS) is 11.9. The van der Waals surface area contributed by atoms with Crippen LogP contribution in [0.25, 0.3) is 5.69 Å². The van der Waals surface area contributed by atoms with E-state index in [9.17, 15) is 22.8 Å². The number of benzene rings is 2. The predicted octanol–water partition coefficient (Wildman–Crippen LogP) is 4.17. The van der Waals surface area contributed by atoms with Gasteiger partial charge in [-0.15, -0.1) is 0 Å². The number of aromatic nitrogens is 2. The summed E-state index contributed by atoms with van der Waals surface area (Å²) in [6.45, 7) is 13.9. The lowest BCUT2D eigenvalue weighted by molar-refractivity contribution is -0.126. The van der Waals surface area contributed by atoms with Gasteiger partial charge in [0.15, 0.2) is 5.69 Å². The van der Waals surface area contributed by atoms with Gasteiger partial charge >= 0.3 is 5.97 Å². The number of rotatable bonds is 9. The molecule has 0 aliphatic rings. The van der Waals surface area contributed by atoms with Gasteiger partial charge in [-0.1, -0.05) is 26.8 Å². The van der Waals surface area contributed by atoms with Gasteiger partial charge in [0.25, 0.3) is 5.91 Å². The summed E-state index contributed by atoms with van der Waals surface area (Å²) in [5.74, 6) is -1.78. The SMILES string of the molecule is CN(C)CC(C)(C)C(N)=O.Cc1ccc(C(=O)Nc2cc(C(C)(C)C)cc(NS(C)(=O)=O)c2C)cc1-n1cnc(C(=O)O)c1. The van der Waals surface area contributed by atoms with Crippen molar-refractivity contribution in [1.29, 1.82) is 0 Å². The molecule has 240 valence electrons. The van der Waals surface area contributed by atoms with Crippen LogP contribution in [0, 0.1) is 19.3 Å². The lowest BCUT2D eigenvalue weighted by Crippen LogP contribution is -2.39. The molecular formula is C31H44N6O6S. The smallest absolute Gasteiger partial charge is 0.356 e. The highest BCUT2D eigenvalue weighted by atomic mass is 32.2. The number of hydrogen-bond donors (Lipinski definition) is 4. The van der Waals surface area contributed by atoms with Gasteiger partial charge in [-0.3, -0.25) is 14.3 Å². The average molecular weight is 629 g/mol. The molecule has 0 saturated carbocycles. The third kappa shape index (κ3) is 9.91. The van der Waals surface area contributed by atoms with Gasteiger partial charge in [-0.05, 0) is 88.2 Å². The van der Waals surface area contributed by atoms with Crippen molar-refractivity contribution in [2.75, 3.05) is 36.9 Å². The number of anilines is 2. The van der Waals surface area contributed by atoms with E-state index in [0.29, 0.717) is 34.7 Å². The number of carboxylic acid groups (broad SMARTS) is 1. The summed E-state index contributed by atoms with van der Waals surface area (Å²) in [5, 5.41) is 12.0. The van der Waals surface area contributed by atoms with Crippen LogP contribution in [0.1, 0.15) is 72.2 Å². The minimum atomic E-state index is -3.52. The van der Waals surface area contributed by atoms with Crippen LogP contribution in [-0.4, -0.2) is 72.7 Å².